The van der Waals surface area contributed by atoms with E-state index in [-0.39, 0.29) is 24.5 Å². The molecular weight excluding hydrogens is 298 g/mol. The molecule has 4 heteroatoms. The second-order valence-electron chi connectivity index (χ2n) is 6.90. The maximum absolute atomic E-state index is 12.2. The van der Waals surface area contributed by atoms with E-state index >= 15 is 0 Å². The van der Waals surface area contributed by atoms with Crippen molar-refractivity contribution in [2.24, 2.45) is 17.8 Å². The first kappa shape index (κ1) is 19.0. The van der Waals surface area contributed by atoms with Gasteiger partial charge in [0.25, 0.3) is 0 Å². The number of hydrogen-bond acceptors (Lipinski definition) is 2. The van der Waals surface area contributed by atoms with Crippen LogP contribution in [0.1, 0.15) is 45.6 Å². The molecule has 124 valence electrons. The number of aromatic nitrogens is 1. The Morgan fingerprint density at radius 3 is 2.55 bits per heavy atom. The largest absolute Gasteiger partial charge is 1.00 e. The Kier molecular flexibility index (Phi) is 7.34. The highest BCUT2D eigenvalue weighted by Crippen LogP contribution is 2.35. The van der Waals surface area contributed by atoms with Crippen molar-refractivity contribution in [3.8, 4) is 0 Å². The van der Waals surface area contributed by atoms with Crippen LogP contribution in [0.4, 0.5) is 0 Å². The molecule has 22 heavy (non-hydrogen) atoms. The molecule has 0 amide bonds. The Hall–Kier alpha value is -1.09. The van der Waals surface area contributed by atoms with Gasteiger partial charge in [-0.2, -0.15) is 4.57 Å². The van der Waals surface area contributed by atoms with Gasteiger partial charge in [-0.3, -0.25) is 0 Å². The van der Waals surface area contributed by atoms with Gasteiger partial charge in [0, 0.05) is 12.1 Å². The first-order chi connectivity index (χ1) is 9.95. The minimum absolute atomic E-state index is 0. The molecule has 2 rings (SSSR count). The first-order valence-corrected chi connectivity index (χ1v) is 8.11. The summed E-state index contributed by atoms with van der Waals surface area (Å²) in [7, 11) is 0. The van der Waals surface area contributed by atoms with Crippen molar-refractivity contribution in [2.45, 2.75) is 59.6 Å². The minimum Gasteiger partial charge on any atom is -1.00 e. The van der Waals surface area contributed by atoms with Gasteiger partial charge >= 0.3 is 5.97 Å². The molecule has 1 aliphatic rings. The molecule has 0 radical (unpaired) electrons. The van der Waals surface area contributed by atoms with Gasteiger partial charge in [0.05, 0.1) is 0 Å². The number of hydrogen-bond donors (Lipinski definition) is 0. The van der Waals surface area contributed by atoms with Crippen LogP contribution in [0.5, 0.6) is 0 Å². The summed E-state index contributed by atoms with van der Waals surface area (Å²) in [5.74, 6) is 1.62. The highest BCUT2D eigenvalue weighted by atomic mass is 35.5. The van der Waals surface area contributed by atoms with Crippen LogP contribution in [0.15, 0.2) is 24.5 Å². The number of aryl methyl sites for hydroxylation is 1. The van der Waals surface area contributed by atoms with E-state index in [4.69, 9.17) is 4.74 Å². The molecule has 3 atom stereocenters. The van der Waals surface area contributed by atoms with Gasteiger partial charge in [-0.25, -0.2) is 4.79 Å². The fourth-order valence-electron chi connectivity index (χ4n) is 3.24. The number of carbonyl (C=O) groups excluding carboxylic acids is 1. The third-order valence-corrected chi connectivity index (χ3v) is 4.61. The lowest BCUT2D eigenvalue weighted by molar-refractivity contribution is -0.686. The van der Waals surface area contributed by atoms with Gasteiger partial charge in [-0.1, -0.05) is 27.2 Å². The summed E-state index contributed by atoms with van der Waals surface area (Å²) in [5, 5.41) is 0. The third-order valence-electron chi connectivity index (χ3n) is 4.61. The maximum Gasteiger partial charge on any atom is 0.372 e. The molecule has 3 unspecified atom stereocenters. The minimum atomic E-state index is -0.117. The number of ether oxygens (including phenoxy) is 1. The zero-order chi connectivity index (χ0) is 15.4. The number of halogens is 1. The van der Waals surface area contributed by atoms with Gasteiger partial charge in [-0.15, -0.1) is 0 Å². The van der Waals surface area contributed by atoms with Gasteiger partial charge in [0.1, 0.15) is 6.10 Å². The van der Waals surface area contributed by atoms with Crippen molar-refractivity contribution in [1.29, 1.82) is 0 Å². The normalized spacial score (nSPS) is 24.7. The van der Waals surface area contributed by atoms with Crippen LogP contribution in [0.3, 0.4) is 0 Å². The molecule has 0 aliphatic heterocycles. The van der Waals surface area contributed by atoms with Gasteiger partial charge in [-0.05, 0) is 43.1 Å². The van der Waals surface area contributed by atoms with Crippen molar-refractivity contribution in [3.05, 3.63) is 30.1 Å². The highest BCUT2D eigenvalue weighted by Gasteiger charge is 2.33. The average Bonchev–Trinajstić information content (AvgIpc) is 2.41. The molecule has 0 spiro atoms. The van der Waals surface area contributed by atoms with Gasteiger partial charge in [0.2, 0.25) is 6.54 Å². The van der Waals surface area contributed by atoms with Crippen LogP contribution in [0, 0.1) is 24.7 Å². The van der Waals surface area contributed by atoms with Crippen molar-refractivity contribution >= 4 is 5.97 Å². The van der Waals surface area contributed by atoms with Crippen molar-refractivity contribution in [1.82, 2.24) is 0 Å². The van der Waals surface area contributed by atoms with Gasteiger partial charge in [0.15, 0.2) is 12.4 Å². The summed E-state index contributed by atoms with van der Waals surface area (Å²) in [5.41, 5.74) is 1.19. The Balaban J connectivity index is 0.00000242. The molecule has 1 aromatic rings. The summed E-state index contributed by atoms with van der Waals surface area (Å²) >= 11 is 0. The van der Waals surface area contributed by atoms with Crippen LogP contribution < -0.4 is 17.0 Å². The molecule has 1 aliphatic carbocycles. The summed E-state index contributed by atoms with van der Waals surface area (Å²) < 4.78 is 7.69. The van der Waals surface area contributed by atoms with E-state index in [0.29, 0.717) is 24.3 Å². The van der Waals surface area contributed by atoms with Crippen molar-refractivity contribution < 1.29 is 26.5 Å². The predicted molar refractivity (Wildman–Crippen MR) is 82.6 cm³/mol. The molecule has 0 bridgehead atoms. The Bertz CT molecular complexity index is 472. The number of nitrogens with zero attached hydrogens (tertiary/aromatic N) is 1. The summed E-state index contributed by atoms with van der Waals surface area (Å²) in [4.78, 5) is 12.2. The third kappa shape index (κ3) is 5.28. The van der Waals surface area contributed by atoms with Gasteiger partial charge < -0.3 is 17.1 Å². The number of pyridine rings is 1. The second kappa shape index (κ2) is 8.52. The average molecular weight is 326 g/mol. The van der Waals surface area contributed by atoms with E-state index < -0.39 is 0 Å². The lowest BCUT2D eigenvalue weighted by atomic mass is 9.75. The van der Waals surface area contributed by atoms with Crippen molar-refractivity contribution in [3.63, 3.8) is 0 Å². The monoisotopic (exact) mass is 325 g/mol. The van der Waals surface area contributed by atoms with E-state index in [0.717, 1.165) is 6.42 Å². The maximum atomic E-state index is 12.2. The fraction of sp³-hybridized carbons (Fsp3) is 0.667. The van der Waals surface area contributed by atoms with E-state index in [1.54, 1.807) is 0 Å². The highest BCUT2D eigenvalue weighted by molar-refractivity contribution is 5.67. The smallest absolute Gasteiger partial charge is 0.372 e. The zero-order valence-electron chi connectivity index (χ0n) is 14.1. The Labute approximate surface area is 140 Å². The van der Waals surface area contributed by atoms with E-state index in [9.17, 15) is 4.79 Å². The van der Waals surface area contributed by atoms with Crippen LogP contribution in [-0.4, -0.2) is 12.1 Å². The standard InChI is InChI=1S/C18H28NO2.ClH/c1-13(2)16-6-5-15(4)11-17(16)21-18(20)12-19-9-7-14(3)8-10-19;/h7-10,13,15-17H,5-6,11-12H2,1-4H3;1H/q+1;/p-1. The molecule has 3 nitrogen and oxygen atoms in total. The molecular formula is C18H28ClNO2. The molecule has 1 saturated carbocycles. The van der Waals surface area contributed by atoms with Crippen LogP contribution in [-0.2, 0) is 16.1 Å². The van der Waals surface area contributed by atoms with Crippen LogP contribution in [0.2, 0.25) is 0 Å². The SMILES string of the molecule is Cc1cc[n+](CC(=O)OC2CC(C)CCC2C(C)C)cc1.[Cl-]. The van der Waals surface area contributed by atoms with Crippen LogP contribution in [0.25, 0.3) is 0 Å². The quantitative estimate of drug-likeness (QED) is 0.588. The lowest BCUT2D eigenvalue weighted by Crippen LogP contribution is -3.00. The van der Waals surface area contributed by atoms with Crippen molar-refractivity contribution in [2.75, 3.05) is 0 Å². The number of esters is 1. The molecule has 0 saturated heterocycles. The van der Waals surface area contributed by atoms with E-state index in [2.05, 4.69) is 20.8 Å². The molecule has 0 N–H and O–H groups in total. The molecule has 1 heterocycles. The Morgan fingerprint density at radius 1 is 1.32 bits per heavy atom. The van der Waals surface area contributed by atoms with Crippen LogP contribution >= 0.6 is 0 Å². The predicted octanol–water partition coefficient (Wildman–Crippen LogP) is 0.291. The topological polar surface area (TPSA) is 30.2 Å². The van der Waals surface area contributed by atoms with E-state index in [1.165, 1.54) is 18.4 Å². The number of carbonyl (C=O) groups is 1. The summed E-state index contributed by atoms with van der Waals surface area (Å²) in [6, 6.07) is 4.01. The lowest BCUT2D eigenvalue weighted by Gasteiger charge is -2.36. The second-order valence-corrected chi connectivity index (χ2v) is 6.90. The molecule has 0 aromatic carbocycles. The molecule has 1 fully saturated rings. The summed E-state index contributed by atoms with van der Waals surface area (Å²) in [6.07, 6.45) is 7.39. The fourth-order valence-corrected chi connectivity index (χ4v) is 3.24. The zero-order valence-corrected chi connectivity index (χ0v) is 14.8. The Morgan fingerprint density at radius 2 is 1.95 bits per heavy atom. The first-order valence-electron chi connectivity index (χ1n) is 8.11. The van der Waals surface area contributed by atoms with E-state index in [1.807, 2.05) is 36.0 Å². The number of rotatable bonds is 4. The molecule has 1 aromatic heterocycles. The summed E-state index contributed by atoms with van der Waals surface area (Å²) in [6.45, 7) is 9.06.